The number of nitrogen functional groups attached to an aromatic ring is 1. The molecule has 4 nitrogen and oxygen atoms in total. The highest BCUT2D eigenvalue weighted by Gasteiger charge is 2.41. The van der Waals surface area contributed by atoms with Crippen LogP contribution in [0.4, 0.5) is 5.69 Å². The summed E-state index contributed by atoms with van der Waals surface area (Å²) in [6.45, 7) is 0. The van der Waals surface area contributed by atoms with E-state index in [1.165, 1.54) is 11.3 Å². The van der Waals surface area contributed by atoms with Crippen molar-refractivity contribution < 1.29 is 9.53 Å². The van der Waals surface area contributed by atoms with Gasteiger partial charge in [0, 0.05) is 10.1 Å². The van der Waals surface area contributed by atoms with E-state index in [-0.39, 0.29) is 18.1 Å². The number of hydrogen-bond donors (Lipinski definition) is 2. The predicted octanol–water partition coefficient (Wildman–Crippen LogP) is 2.53. The number of anilines is 1. The van der Waals surface area contributed by atoms with Crippen molar-refractivity contribution in [3.63, 3.8) is 0 Å². The monoisotopic (exact) mass is 288 g/mol. The molecule has 3 N–H and O–H groups in total. The predicted molar refractivity (Wildman–Crippen MR) is 80.0 cm³/mol. The Bertz CT molecular complexity index is 682. The van der Waals surface area contributed by atoms with Crippen molar-refractivity contribution in [3.05, 3.63) is 29.1 Å². The van der Waals surface area contributed by atoms with Gasteiger partial charge in [-0.15, -0.1) is 11.3 Å². The minimum atomic E-state index is -0.0650. The molecule has 2 saturated heterocycles. The number of rotatable bonds is 2. The number of amides is 1. The lowest BCUT2D eigenvalue weighted by molar-refractivity contribution is 0.0844. The minimum Gasteiger partial charge on any atom is -0.397 e. The summed E-state index contributed by atoms with van der Waals surface area (Å²) in [6, 6.07) is 8.00. The summed E-state index contributed by atoms with van der Waals surface area (Å²) in [5.74, 6) is -0.0650. The van der Waals surface area contributed by atoms with Crippen LogP contribution in [0.2, 0.25) is 0 Å². The van der Waals surface area contributed by atoms with E-state index in [2.05, 4.69) is 5.32 Å². The Morgan fingerprint density at radius 2 is 2.20 bits per heavy atom. The fraction of sp³-hybridized carbons (Fsp3) is 0.400. The molecule has 3 unspecified atom stereocenters. The number of ether oxygens (including phenoxy) is 1. The molecule has 2 bridgehead atoms. The molecule has 1 amide bonds. The lowest BCUT2D eigenvalue weighted by Gasteiger charge is -2.19. The molecular formula is C15H16N2O2S. The molecule has 0 aliphatic carbocycles. The van der Waals surface area contributed by atoms with Crippen LogP contribution in [-0.2, 0) is 4.74 Å². The third-order valence-corrected chi connectivity index (χ3v) is 5.45. The number of carbonyl (C=O) groups is 1. The molecule has 20 heavy (non-hydrogen) atoms. The second-order valence-electron chi connectivity index (χ2n) is 5.53. The zero-order chi connectivity index (χ0) is 13.7. The maximum atomic E-state index is 12.4. The van der Waals surface area contributed by atoms with Gasteiger partial charge in [-0.1, -0.05) is 18.2 Å². The van der Waals surface area contributed by atoms with Crippen molar-refractivity contribution in [3.8, 4) is 0 Å². The molecule has 0 saturated carbocycles. The van der Waals surface area contributed by atoms with Gasteiger partial charge in [-0.25, -0.2) is 0 Å². The van der Waals surface area contributed by atoms with Crippen LogP contribution in [0.5, 0.6) is 0 Å². The third kappa shape index (κ3) is 1.81. The summed E-state index contributed by atoms with van der Waals surface area (Å²) in [5.41, 5.74) is 6.70. The fourth-order valence-electron chi connectivity index (χ4n) is 3.26. The average molecular weight is 288 g/mol. The van der Waals surface area contributed by atoms with Crippen LogP contribution in [-0.4, -0.2) is 24.2 Å². The molecule has 0 spiro atoms. The SMILES string of the molecule is Nc1c(C(=O)NC2CC3CCC2O3)sc2ccccc12. The number of fused-ring (bicyclic) bond motifs is 3. The van der Waals surface area contributed by atoms with Crippen molar-refractivity contribution in [2.24, 2.45) is 0 Å². The van der Waals surface area contributed by atoms with Crippen molar-refractivity contribution in [1.82, 2.24) is 5.32 Å². The zero-order valence-electron chi connectivity index (χ0n) is 11.0. The molecule has 1 aromatic heterocycles. The summed E-state index contributed by atoms with van der Waals surface area (Å²) >= 11 is 1.46. The highest BCUT2D eigenvalue weighted by atomic mass is 32.1. The number of thiophene rings is 1. The van der Waals surface area contributed by atoms with Gasteiger partial charge in [-0.3, -0.25) is 4.79 Å². The number of benzene rings is 1. The first-order valence-electron chi connectivity index (χ1n) is 6.95. The average Bonchev–Trinajstić information content (AvgIpc) is 3.14. The molecule has 0 radical (unpaired) electrons. The molecule has 5 heteroatoms. The van der Waals surface area contributed by atoms with E-state index in [0.717, 1.165) is 29.3 Å². The quantitative estimate of drug-likeness (QED) is 0.892. The van der Waals surface area contributed by atoms with Gasteiger partial charge >= 0.3 is 0 Å². The second kappa shape index (κ2) is 4.46. The van der Waals surface area contributed by atoms with Crippen LogP contribution >= 0.6 is 11.3 Å². The first-order valence-corrected chi connectivity index (χ1v) is 7.77. The lowest BCUT2D eigenvalue weighted by atomic mass is 9.95. The number of nitrogens with two attached hydrogens (primary N) is 1. The molecule has 1 aromatic carbocycles. The maximum absolute atomic E-state index is 12.4. The summed E-state index contributed by atoms with van der Waals surface area (Å²) in [4.78, 5) is 13.1. The van der Waals surface area contributed by atoms with Crippen molar-refractivity contribution in [2.75, 3.05) is 5.73 Å². The Balaban J connectivity index is 1.59. The van der Waals surface area contributed by atoms with Crippen molar-refractivity contribution in [1.29, 1.82) is 0 Å². The van der Waals surface area contributed by atoms with E-state index in [0.29, 0.717) is 16.7 Å². The summed E-state index contributed by atoms with van der Waals surface area (Å²) < 4.78 is 6.82. The van der Waals surface area contributed by atoms with Crippen LogP contribution < -0.4 is 11.1 Å². The van der Waals surface area contributed by atoms with Gasteiger partial charge in [0.05, 0.1) is 23.9 Å². The first kappa shape index (κ1) is 12.2. The smallest absolute Gasteiger partial charge is 0.263 e. The van der Waals surface area contributed by atoms with Gasteiger partial charge < -0.3 is 15.8 Å². The van der Waals surface area contributed by atoms with Gasteiger partial charge in [0.1, 0.15) is 4.88 Å². The van der Waals surface area contributed by atoms with E-state index < -0.39 is 0 Å². The Kier molecular flexibility index (Phi) is 2.72. The molecular weight excluding hydrogens is 272 g/mol. The van der Waals surface area contributed by atoms with E-state index in [4.69, 9.17) is 10.5 Å². The maximum Gasteiger partial charge on any atom is 0.263 e. The van der Waals surface area contributed by atoms with Gasteiger partial charge in [-0.05, 0) is 25.3 Å². The molecule has 3 heterocycles. The number of nitrogens with one attached hydrogen (secondary N) is 1. The molecule has 2 fully saturated rings. The van der Waals surface area contributed by atoms with Crippen molar-refractivity contribution >= 4 is 33.0 Å². The van der Waals surface area contributed by atoms with Gasteiger partial charge in [0.15, 0.2) is 0 Å². The van der Waals surface area contributed by atoms with E-state index in [1.54, 1.807) is 0 Å². The zero-order valence-corrected chi connectivity index (χ0v) is 11.8. The summed E-state index contributed by atoms with van der Waals surface area (Å²) in [5, 5.41) is 4.06. The van der Waals surface area contributed by atoms with Crippen molar-refractivity contribution in [2.45, 2.75) is 37.5 Å². The van der Waals surface area contributed by atoms with Crippen LogP contribution in [0, 0.1) is 0 Å². The topological polar surface area (TPSA) is 64.4 Å². The highest BCUT2D eigenvalue weighted by molar-refractivity contribution is 7.21. The van der Waals surface area contributed by atoms with Gasteiger partial charge in [0.2, 0.25) is 0 Å². The molecule has 2 aromatic rings. The first-order chi connectivity index (χ1) is 9.72. The number of carbonyl (C=O) groups excluding carboxylic acids is 1. The minimum absolute atomic E-state index is 0.0650. The Morgan fingerprint density at radius 3 is 2.90 bits per heavy atom. The molecule has 104 valence electrons. The van der Waals surface area contributed by atoms with Crippen LogP contribution in [0.25, 0.3) is 10.1 Å². The Labute approximate surface area is 120 Å². The largest absolute Gasteiger partial charge is 0.397 e. The molecule has 3 atom stereocenters. The Morgan fingerprint density at radius 1 is 1.35 bits per heavy atom. The third-order valence-electron chi connectivity index (χ3n) is 4.26. The fourth-order valence-corrected chi connectivity index (χ4v) is 4.28. The Hall–Kier alpha value is -1.59. The van der Waals surface area contributed by atoms with E-state index in [1.807, 2.05) is 24.3 Å². The second-order valence-corrected chi connectivity index (χ2v) is 6.58. The highest BCUT2D eigenvalue weighted by Crippen LogP contribution is 2.36. The molecule has 2 aliphatic heterocycles. The molecule has 2 aliphatic rings. The van der Waals surface area contributed by atoms with Crippen LogP contribution in [0.3, 0.4) is 0 Å². The van der Waals surface area contributed by atoms with E-state index in [9.17, 15) is 4.79 Å². The molecule has 4 rings (SSSR count). The van der Waals surface area contributed by atoms with Crippen LogP contribution in [0.1, 0.15) is 28.9 Å². The normalized spacial score (nSPS) is 28.1. The van der Waals surface area contributed by atoms with Gasteiger partial charge in [0.25, 0.3) is 5.91 Å². The number of hydrogen-bond acceptors (Lipinski definition) is 4. The van der Waals surface area contributed by atoms with Gasteiger partial charge in [-0.2, -0.15) is 0 Å². The standard InChI is InChI=1S/C15H16N2O2S/c16-13-9-3-1-2-4-12(9)20-14(13)15(18)17-10-7-8-5-6-11(10)19-8/h1-4,8,10-11H,5-7,16H2,(H,17,18). The summed E-state index contributed by atoms with van der Waals surface area (Å²) in [6.07, 6.45) is 3.64. The lowest BCUT2D eigenvalue weighted by Crippen LogP contribution is -2.41. The van der Waals surface area contributed by atoms with Crippen LogP contribution in [0.15, 0.2) is 24.3 Å². The van der Waals surface area contributed by atoms with E-state index >= 15 is 0 Å². The summed E-state index contributed by atoms with van der Waals surface area (Å²) in [7, 11) is 0.